The standard InChI is InChI=1S/C21H19N/c1-16(20-10-6-7-11-21(20)22-2)17-12-14-19(15-13-17)18-8-4-3-5-9-18/h3-15H,1-2H3/b20-16+,22-21?. The van der Waals surface area contributed by atoms with Gasteiger partial charge < -0.3 is 0 Å². The molecule has 0 spiro atoms. The van der Waals surface area contributed by atoms with E-state index in [9.17, 15) is 0 Å². The molecule has 0 aliphatic heterocycles. The van der Waals surface area contributed by atoms with Gasteiger partial charge in [0.2, 0.25) is 0 Å². The zero-order valence-electron chi connectivity index (χ0n) is 13.0. The fourth-order valence-electron chi connectivity index (χ4n) is 2.68. The quantitative estimate of drug-likeness (QED) is 0.707. The molecule has 3 rings (SSSR count). The number of aliphatic imine (C=N–C) groups is 1. The van der Waals surface area contributed by atoms with Crippen LogP contribution in [0.15, 0.2) is 89.5 Å². The average molecular weight is 285 g/mol. The maximum absolute atomic E-state index is 4.36. The summed E-state index contributed by atoms with van der Waals surface area (Å²) < 4.78 is 0. The van der Waals surface area contributed by atoms with Gasteiger partial charge in [0.25, 0.3) is 0 Å². The Bertz CT molecular complexity index is 772. The second-order valence-corrected chi connectivity index (χ2v) is 5.31. The average Bonchev–Trinajstić information content (AvgIpc) is 2.62. The largest absolute Gasteiger partial charge is 0.288 e. The summed E-state index contributed by atoms with van der Waals surface area (Å²) in [6.45, 7) is 2.15. The summed E-state index contributed by atoms with van der Waals surface area (Å²) in [7, 11) is 1.84. The van der Waals surface area contributed by atoms with Crippen molar-refractivity contribution in [2.75, 3.05) is 7.05 Å². The van der Waals surface area contributed by atoms with Crippen LogP contribution in [0.4, 0.5) is 0 Å². The molecular weight excluding hydrogens is 266 g/mol. The molecule has 1 heteroatoms. The summed E-state index contributed by atoms with van der Waals surface area (Å²) in [6.07, 6.45) is 8.27. The molecule has 2 aromatic carbocycles. The predicted molar refractivity (Wildman–Crippen MR) is 96.1 cm³/mol. The first-order valence-corrected chi connectivity index (χ1v) is 7.48. The Morgan fingerprint density at radius 2 is 1.41 bits per heavy atom. The van der Waals surface area contributed by atoms with Crippen LogP contribution in [0, 0.1) is 0 Å². The molecule has 0 saturated heterocycles. The summed E-state index contributed by atoms with van der Waals surface area (Å²) in [5.41, 5.74) is 7.20. The highest BCUT2D eigenvalue weighted by Gasteiger charge is 2.09. The molecule has 2 aromatic rings. The van der Waals surface area contributed by atoms with Crippen molar-refractivity contribution in [3.8, 4) is 11.1 Å². The van der Waals surface area contributed by atoms with Gasteiger partial charge >= 0.3 is 0 Å². The first-order valence-electron chi connectivity index (χ1n) is 7.48. The second-order valence-electron chi connectivity index (χ2n) is 5.31. The molecule has 0 amide bonds. The highest BCUT2D eigenvalue weighted by Crippen LogP contribution is 2.26. The van der Waals surface area contributed by atoms with E-state index in [0.29, 0.717) is 0 Å². The Hall–Kier alpha value is -2.67. The zero-order chi connectivity index (χ0) is 15.4. The minimum Gasteiger partial charge on any atom is -0.288 e. The molecule has 0 unspecified atom stereocenters. The SMILES string of the molecule is CN=C1C=CC=C/C1=C(/C)c1ccc(-c2ccccc2)cc1. The predicted octanol–water partition coefficient (Wildman–Crippen LogP) is 5.32. The molecule has 1 aliphatic rings. The Labute approximate surface area is 132 Å². The van der Waals surface area contributed by atoms with E-state index < -0.39 is 0 Å². The van der Waals surface area contributed by atoms with Crippen LogP contribution in [-0.4, -0.2) is 12.8 Å². The molecule has 0 fully saturated rings. The van der Waals surface area contributed by atoms with Crippen LogP contribution >= 0.6 is 0 Å². The lowest BCUT2D eigenvalue weighted by Crippen LogP contribution is -2.02. The van der Waals surface area contributed by atoms with Crippen LogP contribution in [0.25, 0.3) is 16.7 Å². The van der Waals surface area contributed by atoms with Gasteiger partial charge in [-0.1, -0.05) is 72.8 Å². The van der Waals surface area contributed by atoms with Crippen molar-refractivity contribution in [1.29, 1.82) is 0 Å². The molecule has 0 N–H and O–H groups in total. The van der Waals surface area contributed by atoms with Gasteiger partial charge in [-0.05, 0) is 35.3 Å². The zero-order valence-corrected chi connectivity index (χ0v) is 13.0. The maximum Gasteiger partial charge on any atom is 0.0646 e. The van der Waals surface area contributed by atoms with E-state index in [0.717, 1.165) is 5.71 Å². The maximum atomic E-state index is 4.36. The topological polar surface area (TPSA) is 12.4 Å². The Morgan fingerprint density at radius 3 is 2.09 bits per heavy atom. The third-order valence-electron chi connectivity index (χ3n) is 3.97. The van der Waals surface area contributed by atoms with E-state index in [4.69, 9.17) is 0 Å². The van der Waals surface area contributed by atoms with Gasteiger partial charge in [-0.3, -0.25) is 4.99 Å². The summed E-state index contributed by atoms with van der Waals surface area (Å²) in [6, 6.07) is 19.2. The van der Waals surface area contributed by atoms with Crippen LogP contribution in [0.5, 0.6) is 0 Å². The van der Waals surface area contributed by atoms with Crippen molar-refractivity contribution in [1.82, 2.24) is 0 Å². The van der Waals surface area contributed by atoms with Crippen LogP contribution in [0.1, 0.15) is 12.5 Å². The molecule has 1 aliphatic carbocycles. The van der Waals surface area contributed by atoms with Gasteiger partial charge in [0.05, 0.1) is 5.71 Å². The van der Waals surface area contributed by atoms with Crippen molar-refractivity contribution in [3.05, 3.63) is 90.0 Å². The Morgan fingerprint density at radius 1 is 0.773 bits per heavy atom. The van der Waals surface area contributed by atoms with Gasteiger partial charge in [0, 0.05) is 12.6 Å². The smallest absolute Gasteiger partial charge is 0.0646 e. The monoisotopic (exact) mass is 285 g/mol. The molecule has 0 aromatic heterocycles. The number of rotatable bonds is 2. The van der Waals surface area contributed by atoms with Gasteiger partial charge in [0.15, 0.2) is 0 Å². The van der Waals surface area contributed by atoms with E-state index in [1.807, 2.05) is 19.2 Å². The molecule has 0 radical (unpaired) electrons. The van der Waals surface area contributed by atoms with Crippen molar-refractivity contribution < 1.29 is 0 Å². The minimum atomic E-state index is 1.03. The Balaban J connectivity index is 1.96. The molecule has 0 saturated carbocycles. The van der Waals surface area contributed by atoms with Crippen LogP contribution < -0.4 is 0 Å². The first-order chi connectivity index (χ1) is 10.8. The van der Waals surface area contributed by atoms with Gasteiger partial charge in [-0.15, -0.1) is 0 Å². The van der Waals surface area contributed by atoms with Gasteiger partial charge in [0.1, 0.15) is 0 Å². The summed E-state index contributed by atoms with van der Waals surface area (Å²) in [5.74, 6) is 0. The Kier molecular flexibility index (Phi) is 4.15. The number of nitrogens with zero attached hydrogens (tertiary/aromatic N) is 1. The molecule has 22 heavy (non-hydrogen) atoms. The normalized spacial score (nSPS) is 17.8. The van der Waals surface area contributed by atoms with Crippen molar-refractivity contribution in [2.45, 2.75) is 6.92 Å². The van der Waals surface area contributed by atoms with Crippen LogP contribution in [-0.2, 0) is 0 Å². The molecule has 1 nitrogen and oxygen atoms in total. The van der Waals surface area contributed by atoms with Crippen LogP contribution in [0.3, 0.4) is 0 Å². The molecule has 0 heterocycles. The molecule has 108 valence electrons. The summed E-state index contributed by atoms with van der Waals surface area (Å²) in [4.78, 5) is 4.36. The highest BCUT2D eigenvalue weighted by atomic mass is 14.7. The first kappa shape index (κ1) is 14.3. The fraction of sp³-hybridized carbons (Fsp3) is 0.0952. The minimum absolute atomic E-state index is 1.03. The van der Waals surface area contributed by atoms with Gasteiger partial charge in [-0.25, -0.2) is 0 Å². The van der Waals surface area contributed by atoms with E-state index in [-0.39, 0.29) is 0 Å². The third-order valence-corrected chi connectivity index (χ3v) is 3.97. The fourth-order valence-corrected chi connectivity index (χ4v) is 2.68. The second kappa shape index (κ2) is 6.40. The van der Waals surface area contributed by atoms with E-state index >= 15 is 0 Å². The summed E-state index contributed by atoms with van der Waals surface area (Å²) >= 11 is 0. The van der Waals surface area contributed by atoms with E-state index in [1.54, 1.807) is 0 Å². The molecular formula is C21H19N. The lowest BCUT2D eigenvalue weighted by molar-refractivity contribution is 1.42. The number of allylic oxidation sites excluding steroid dienone is 6. The summed E-state index contributed by atoms with van der Waals surface area (Å²) in [5, 5.41) is 0. The number of hydrogen-bond acceptors (Lipinski definition) is 1. The van der Waals surface area contributed by atoms with Crippen molar-refractivity contribution >= 4 is 11.3 Å². The highest BCUT2D eigenvalue weighted by molar-refractivity contribution is 6.15. The third kappa shape index (κ3) is 2.84. The van der Waals surface area contributed by atoms with Crippen molar-refractivity contribution in [2.24, 2.45) is 4.99 Å². The van der Waals surface area contributed by atoms with E-state index in [1.165, 1.54) is 27.8 Å². The lowest BCUT2D eigenvalue weighted by atomic mass is 9.94. The molecule has 0 bridgehead atoms. The number of benzene rings is 2. The van der Waals surface area contributed by atoms with Crippen LogP contribution in [0.2, 0.25) is 0 Å². The van der Waals surface area contributed by atoms with E-state index in [2.05, 4.69) is 78.7 Å². The molecule has 0 atom stereocenters. The van der Waals surface area contributed by atoms with Crippen molar-refractivity contribution in [3.63, 3.8) is 0 Å². The number of hydrogen-bond donors (Lipinski definition) is 0. The van der Waals surface area contributed by atoms with Gasteiger partial charge in [-0.2, -0.15) is 0 Å². The lowest BCUT2D eigenvalue weighted by Gasteiger charge is -2.12.